The molecule has 0 amide bonds. The molecule has 6 heteroatoms. The Kier molecular flexibility index (Phi) is 8.01. The Balaban J connectivity index is 1.40. The van der Waals surface area contributed by atoms with Crippen LogP contribution in [-0.2, 0) is 11.2 Å². The predicted molar refractivity (Wildman–Crippen MR) is 143 cm³/mol. The molecule has 0 bridgehead atoms. The maximum absolute atomic E-state index is 5.98. The highest BCUT2D eigenvalue weighted by Crippen LogP contribution is 2.28. The van der Waals surface area contributed by atoms with E-state index in [1.807, 2.05) is 18.2 Å². The van der Waals surface area contributed by atoms with Crippen LogP contribution in [0.5, 0.6) is 5.75 Å². The number of thioether (sulfide) groups is 2. The zero-order valence-electron chi connectivity index (χ0n) is 20.2. The molecule has 0 spiro atoms. The van der Waals surface area contributed by atoms with Crippen molar-refractivity contribution >= 4 is 23.5 Å². The van der Waals surface area contributed by atoms with Crippen LogP contribution in [0, 0.1) is 6.92 Å². The molecule has 176 valence electrons. The van der Waals surface area contributed by atoms with E-state index in [-0.39, 0.29) is 5.41 Å². The third kappa shape index (κ3) is 6.45. The summed E-state index contributed by atoms with van der Waals surface area (Å²) in [6.07, 6.45) is 0. The molecule has 4 rings (SSSR count). The second kappa shape index (κ2) is 11.2. The van der Waals surface area contributed by atoms with Crippen LogP contribution >= 0.6 is 23.5 Å². The highest BCUT2D eigenvalue weighted by atomic mass is 32.2. The van der Waals surface area contributed by atoms with E-state index in [4.69, 9.17) is 4.74 Å². The maximum Gasteiger partial charge on any atom is 0.195 e. The van der Waals surface area contributed by atoms with Crippen molar-refractivity contribution < 1.29 is 4.74 Å². The minimum atomic E-state index is 0.144. The fourth-order valence-electron chi connectivity index (χ4n) is 3.45. The lowest BCUT2D eigenvalue weighted by molar-refractivity contribution is 0.343. The van der Waals surface area contributed by atoms with Crippen molar-refractivity contribution in [3.8, 4) is 11.4 Å². The smallest absolute Gasteiger partial charge is 0.195 e. The second-order valence-corrected chi connectivity index (χ2v) is 11.3. The summed E-state index contributed by atoms with van der Waals surface area (Å²) in [4.78, 5) is 1.23. The van der Waals surface area contributed by atoms with Crippen LogP contribution in [0.4, 0.5) is 0 Å². The SMILES string of the molecule is Cc1ccc(SCc2nnc(SCCOc3ccc(C(C)(C)C)cc3)n2-c2ccccc2)cc1. The predicted octanol–water partition coefficient (Wildman–Crippen LogP) is 7.34. The molecule has 0 N–H and O–H groups in total. The molecule has 0 saturated heterocycles. The van der Waals surface area contributed by atoms with Gasteiger partial charge in [0, 0.05) is 16.3 Å². The lowest BCUT2D eigenvalue weighted by Crippen LogP contribution is -2.10. The molecule has 3 aromatic carbocycles. The van der Waals surface area contributed by atoms with Gasteiger partial charge >= 0.3 is 0 Å². The minimum Gasteiger partial charge on any atom is -0.493 e. The molecule has 4 nitrogen and oxygen atoms in total. The van der Waals surface area contributed by atoms with Crippen LogP contribution in [0.2, 0.25) is 0 Å². The summed E-state index contributed by atoms with van der Waals surface area (Å²) in [5.41, 5.74) is 3.79. The van der Waals surface area contributed by atoms with E-state index in [0.717, 1.165) is 33.9 Å². The third-order valence-corrected chi connectivity index (χ3v) is 7.31. The number of benzene rings is 3. The molecule has 34 heavy (non-hydrogen) atoms. The van der Waals surface area contributed by atoms with Gasteiger partial charge in [-0.25, -0.2) is 0 Å². The number of nitrogens with zero attached hydrogens (tertiary/aromatic N) is 3. The van der Waals surface area contributed by atoms with Crippen molar-refractivity contribution in [2.45, 2.75) is 48.9 Å². The highest BCUT2D eigenvalue weighted by Gasteiger charge is 2.15. The van der Waals surface area contributed by atoms with Gasteiger partial charge in [0.05, 0.1) is 12.4 Å². The number of aryl methyl sites for hydroxylation is 1. The first kappa shape index (κ1) is 24.4. The van der Waals surface area contributed by atoms with Crippen LogP contribution in [0.15, 0.2) is 88.9 Å². The van der Waals surface area contributed by atoms with Crippen molar-refractivity contribution in [1.82, 2.24) is 14.8 Å². The summed E-state index contributed by atoms with van der Waals surface area (Å²) in [7, 11) is 0. The lowest BCUT2D eigenvalue weighted by Gasteiger charge is -2.19. The quantitative estimate of drug-likeness (QED) is 0.182. The second-order valence-electron chi connectivity index (χ2n) is 9.14. The van der Waals surface area contributed by atoms with Gasteiger partial charge in [0.25, 0.3) is 0 Å². The molecule has 0 aliphatic heterocycles. The normalized spacial score (nSPS) is 11.5. The Labute approximate surface area is 211 Å². The zero-order chi connectivity index (χ0) is 24.0. The molecule has 0 aliphatic carbocycles. The first-order valence-electron chi connectivity index (χ1n) is 11.5. The molecular weight excluding hydrogens is 458 g/mol. The fourth-order valence-corrected chi connectivity index (χ4v) is 5.05. The van der Waals surface area contributed by atoms with Crippen LogP contribution in [0.25, 0.3) is 5.69 Å². The van der Waals surface area contributed by atoms with Gasteiger partial charge in [0.1, 0.15) is 11.6 Å². The first-order valence-corrected chi connectivity index (χ1v) is 13.4. The monoisotopic (exact) mass is 489 g/mol. The lowest BCUT2D eigenvalue weighted by atomic mass is 9.87. The van der Waals surface area contributed by atoms with Gasteiger partial charge in [-0.2, -0.15) is 0 Å². The van der Waals surface area contributed by atoms with E-state index < -0.39 is 0 Å². The molecule has 0 aliphatic rings. The third-order valence-electron chi connectivity index (χ3n) is 5.41. The fraction of sp³-hybridized carbons (Fsp3) is 0.286. The van der Waals surface area contributed by atoms with Crippen molar-refractivity contribution in [1.29, 1.82) is 0 Å². The van der Waals surface area contributed by atoms with E-state index in [1.165, 1.54) is 16.0 Å². The Morgan fingerprint density at radius 2 is 1.53 bits per heavy atom. The van der Waals surface area contributed by atoms with E-state index in [1.54, 1.807) is 23.5 Å². The van der Waals surface area contributed by atoms with Gasteiger partial charge in [-0.15, -0.1) is 22.0 Å². The van der Waals surface area contributed by atoms with E-state index >= 15 is 0 Å². The largest absolute Gasteiger partial charge is 0.493 e. The number of para-hydroxylation sites is 1. The molecule has 0 radical (unpaired) electrons. The molecule has 0 saturated carbocycles. The average molecular weight is 490 g/mol. The van der Waals surface area contributed by atoms with Gasteiger partial charge in [-0.3, -0.25) is 4.57 Å². The van der Waals surface area contributed by atoms with E-state index in [2.05, 4.69) is 103 Å². The van der Waals surface area contributed by atoms with E-state index in [9.17, 15) is 0 Å². The number of ether oxygens (including phenoxy) is 1. The Hall–Kier alpha value is -2.70. The van der Waals surface area contributed by atoms with Gasteiger partial charge in [0.15, 0.2) is 5.16 Å². The summed E-state index contributed by atoms with van der Waals surface area (Å²) in [5, 5.41) is 9.92. The molecule has 0 atom stereocenters. The molecule has 1 aromatic heterocycles. The molecular formula is C28H31N3OS2. The van der Waals surface area contributed by atoms with Gasteiger partial charge < -0.3 is 4.74 Å². The van der Waals surface area contributed by atoms with Crippen molar-refractivity contribution in [2.75, 3.05) is 12.4 Å². The zero-order valence-corrected chi connectivity index (χ0v) is 21.8. The van der Waals surface area contributed by atoms with Gasteiger partial charge in [0.2, 0.25) is 0 Å². The van der Waals surface area contributed by atoms with Crippen molar-refractivity contribution in [3.05, 3.63) is 95.8 Å². The van der Waals surface area contributed by atoms with Crippen molar-refractivity contribution in [2.24, 2.45) is 0 Å². The van der Waals surface area contributed by atoms with E-state index in [0.29, 0.717) is 6.61 Å². The summed E-state index contributed by atoms with van der Waals surface area (Å²) >= 11 is 3.44. The average Bonchev–Trinajstić information content (AvgIpc) is 3.24. The maximum atomic E-state index is 5.98. The highest BCUT2D eigenvalue weighted by molar-refractivity contribution is 7.99. The topological polar surface area (TPSA) is 39.9 Å². The minimum absolute atomic E-state index is 0.144. The number of hydrogen-bond acceptors (Lipinski definition) is 5. The Morgan fingerprint density at radius 1 is 0.824 bits per heavy atom. The summed E-state index contributed by atoms with van der Waals surface area (Å²) in [6.45, 7) is 9.37. The molecule has 0 unspecified atom stereocenters. The van der Waals surface area contributed by atoms with Gasteiger partial charge in [-0.05, 0) is 54.3 Å². The van der Waals surface area contributed by atoms with Gasteiger partial charge in [-0.1, -0.05) is 80.6 Å². The van der Waals surface area contributed by atoms with Crippen LogP contribution < -0.4 is 4.74 Å². The molecule has 0 fully saturated rings. The first-order chi connectivity index (χ1) is 16.4. The van der Waals surface area contributed by atoms with Crippen LogP contribution in [0.1, 0.15) is 37.7 Å². The van der Waals surface area contributed by atoms with Crippen LogP contribution in [-0.4, -0.2) is 27.1 Å². The summed E-state index contributed by atoms with van der Waals surface area (Å²) in [6, 6.07) is 27.3. The summed E-state index contributed by atoms with van der Waals surface area (Å²) in [5.74, 6) is 3.38. The molecule has 4 aromatic rings. The molecule has 1 heterocycles. The van der Waals surface area contributed by atoms with Crippen LogP contribution in [0.3, 0.4) is 0 Å². The Bertz CT molecular complexity index is 1180. The Morgan fingerprint density at radius 3 is 2.21 bits per heavy atom. The number of rotatable bonds is 9. The number of hydrogen-bond donors (Lipinski definition) is 0. The number of aromatic nitrogens is 3. The summed E-state index contributed by atoms with van der Waals surface area (Å²) < 4.78 is 8.14. The standard InChI is InChI=1S/C28H31N3OS2/c1-21-10-16-25(17-11-21)34-20-26-29-30-27(31(26)23-8-6-5-7-9-23)33-19-18-32-24-14-12-22(13-15-24)28(2,3)4/h5-17H,18-20H2,1-4H3. The van der Waals surface area contributed by atoms with Crippen molar-refractivity contribution in [3.63, 3.8) is 0 Å².